The fourth-order valence-corrected chi connectivity index (χ4v) is 4.68. The number of nitro benzene ring substituents is 1. The summed E-state index contributed by atoms with van der Waals surface area (Å²) < 4.78 is 10.3. The number of esters is 2. The molecule has 28 heavy (non-hydrogen) atoms. The van der Waals surface area contributed by atoms with Crippen LogP contribution in [0.4, 0.5) is 5.69 Å². The summed E-state index contributed by atoms with van der Waals surface area (Å²) in [6, 6.07) is 5.15. The maximum Gasteiger partial charge on any atom is 0.330 e. The van der Waals surface area contributed by atoms with Gasteiger partial charge in [-0.2, -0.15) is 11.8 Å². The van der Waals surface area contributed by atoms with Gasteiger partial charge in [0.15, 0.2) is 0 Å². The second kappa shape index (κ2) is 8.59. The summed E-state index contributed by atoms with van der Waals surface area (Å²) >= 11 is 1.49. The van der Waals surface area contributed by atoms with Crippen molar-refractivity contribution in [1.29, 1.82) is 0 Å². The van der Waals surface area contributed by atoms with Crippen molar-refractivity contribution >= 4 is 35.3 Å². The monoisotopic (exact) mass is 408 g/mol. The number of benzene rings is 1. The SMILES string of the molecule is CC(=O)OCCSC1CC2CC(=O)N2C1C(=O)OCc1ccc([N+](=O)[O-])cc1. The zero-order valence-corrected chi connectivity index (χ0v) is 16.1. The van der Waals surface area contributed by atoms with Crippen LogP contribution in [0.3, 0.4) is 0 Å². The first-order chi connectivity index (χ1) is 13.4. The summed E-state index contributed by atoms with van der Waals surface area (Å²) in [5, 5.41) is 10.6. The van der Waals surface area contributed by atoms with Crippen molar-refractivity contribution < 1.29 is 28.8 Å². The molecular weight excluding hydrogens is 388 g/mol. The first-order valence-corrected chi connectivity index (χ1v) is 9.88. The highest BCUT2D eigenvalue weighted by molar-refractivity contribution is 8.00. The number of nitro groups is 1. The second-order valence-corrected chi connectivity index (χ2v) is 7.97. The predicted octanol–water partition coefficient (Wildman–Crippen LogP) is 1.68. The van der Waals surface area contributed by atoms with Crippen LogP contribution in [-0.4, -0.2) is 57.4 Å². The fourth-order valence-electron chi connectivity index (χ4n) is 3.42. The Hall–Kier alpha value is -2.62. The smallest absolute Gasteiger partial charge is 0.330 e. The van der Waals surface area contributed by atoms with Crippen molar-refractivity contribution in [2.75, 3.05) is 12.4 Å². The van der Waals surface area contributed by atoms with E-state index >= 15 is 0 Å². The Morgan fingerprint density at radius 2 is 2.00 bits per heavy atom. The minimum absolute atomic E-state index is 0.0230. The molecule has 3 atom stereocenters. The van der Waals surface area contributed by atoms with Crippen molar-refractivity contribution in [2.45, 2.75) is 43.7 Å². The lowest BCUT2D eigenvalue weighted by molar-refractivity contribution is -0.384. The predicted molar refractivity (Wildman–Crippen MR) is 99.4 cm³/mol. The molecule has 2 aliphatic rings. The molecule has 1 aromatic rings. The van der Waals surface area contributed by atoms with Crippen LogP contribution in [0.25, 0.3) is 0 Å². The molecule has 0 saturated carbocycles. The quantitative estimate of drug-likeness (QED) is 0.210. The molecule has 3 unspecified atom stereocenters. The molecule has 0 N–H and O–H groups in total. The van der Waals surface area contributed by atoms with Gasteiger partial charge in [0.05, 0.1) is 4.92 Å². The molecule has 0 spiro atoms. The van der Waals surface area contributed by atoms with Gasteiger partial charge in [-0.1, -0.05) is 0 Å². The summed E-state index contributed by atoms with van der Waals surface area (Å²) in [7, 11) is 0. The van der Waals surface area contributed by atoms with Gasteiger partial charge in [-0.05, 0) is 24.1 Å². The van der Waals surface area contributed by atoms with E-state index in [1.165, 1.54) is 43.0 Å². The van der Waals surface area contributed by atoms with Crippen molar-refractivity contribution in [3.05, 3.63) is 39.9 Å². The third kappa shape index (κ3) is 4.44. The van der Waals surface area contributed by atoms with Crippen LogP contribution in [0, 0.1) is 10.1 Å². The molecule has 1 amide bonds. The number of amides is 1. The molecule has 2 aliphatic heterocycles. The number of non-ortho nitro benzene ring substituents is 1. The lowest BCUT2D eigenvalue weighted by atomic mass is 10.0. The number of hydrogen-bond donors (Lipinski definition) is 0. The average Bonchev–Trinajstić information content (AvgIpc) is 2.95. The Bertz CT molecular complexity index is 783. The second-order valence-electron chi connectivity index (χ2n) is 6.62. The third-order valence-corrected chi connectivity index (χ3v) is 6.02. The lowest BCUT2D eigenvalue weighted by Gasteiger charge is -2.37. The molecule has 0 radical (unpaired) electrons. The maximum atomic E-state index is 12.7. The molecule has 10 heteroatoms. The zero-order valence-electron chi connectivity index (χ0n) is 15.2. The van der Waals surface area contributed by atoms with Crippen molar-refractivity contribution in [3.63, 3.8) is 0 Å². The highest BCUT2D eigenvalue weighted by atomic mass is 32.2. The van der Waals surface area contributed by atoms with E-state index in [2.05, 4.69) is 0 Å². The molecule has 1 aromatic carbocycles. The maximum absolute atomic E-state index is 12.7. The van der Waals surface area contributed by atoms with E-state index < -0.39 is 16.9 Å². The Morgan fingerprint density at radius 3 is 2.61 bits per heavy atom. The lowest BCUT2D eigenvalue weighted by Crippen LogP contribution is -2.55. The minimum atomic E-state index is -0.661. The third-order valence-electron chi connectivity index (χ3n) is 4.74. The van der Waals surface area contributed by atoms with Gasteiger partial charge in [-0.25, -0.2) is 4.79 Å². The number of carbonyl (C=O) groups excluding carboxylic acids is 3. The number of fused-ring (bicyclic) bond motifs is 1. The first kappa shape index (κ1) is 20.1. The summed E-state index contributed by atoms with van der Waals surface area (Å²) in [5.41, 5.74) is 0.589. The molecule has 2 saturated heterocycles. The van der Waals surface area contributed by atoms with Crippen molar-refractivity contribution in [2.24, 2.45) is 0 Å². The highest BCUT2D eigenvalue weighted by Crippen LogP contribution is 2.41. The van der Waals surface area contributed by atoms with Gasteiger partial charge in [0.1, 0.15) is 19.3 Å². The number of rotatable bonds is 8. The zero-order chi connectivity index (χ0) is 20.3. The molecule has 0 bridgehead atoms. The Kier molecular flexibility index (Phi) is 6.18. The van der Waals surface area contributed by atoms with Gasteiger partial charge < -0.3 is 14.4 Å². The molecule has 9 nitrogen and oxygen atoms in total. The number of ether oxygens (including phenoxy) is 2. The van der Waals surface area contributed by atoms with Crippen LogP contribution < -0.4 is 0 Å². The molecule has 3 rings (SSSR count). The van der Waals surface area contributed by atoms with Crippen LogP contribution in [0.5, 0.6) is 0 Å². The molecule has 2 heterocycles. The Morgan fingerprint density at radius 1 is 1.29 bits per heavy atom. The molecule has 150 valence electrons. The average molecular weight is 408 g/mol. The van der Waals surface area contributed by atoms with Crippen molar-refractivity contribution in [1.82, 2.24) is 4.90 Å². The van der Waals surface area contributed by atoms with Crippen LogP contribution in [0.2, 0.25) is 0 Å². The molecule has 2 fully saturated rings. The number of β-lactam (4-membered cyclic amide) rings is 1. The Balaban J connectivity index is 1.57. The van der Waals surface area contributed by atoms with E-state index in [0.29, 0.717) is 24.2 Å². The van der Waals surface area contributed by atoms with Crippen LogP contribution in [-0.2, 0) is 30.5 Å². The largest absolute Gasteiger partial charge is 0.465 e. The van der Waals surface area contributed by atoms with Gasteiger partial charge in [0, 0.05) is 42.5 Å². The Labute approximate surface area is 165 Å². The normalized spacial score (nSPS) is 23.0. The van der Waals surface area contributed by atoms with Crippen LogP contribution in [0.1, 0.15) is 25.3 Å². The summed E-state index contributed by atoms with van der Waals surface area (Å²) in [4.78, 5) is 47.2. The molecular formula is C18H20N2O7S. The van der Waals surface area contributed by atoms with E-state index in [1.807, 2.05) is 0 Å². The van der Waals surface area contributed by atoms with Gasteiger partial charge in [-0.15, -0.1) is 0 Å². The van der Waals surface area contributed by atoms with Crippen LogP contribution in [0.15, 0.2) is 24.3 Å². The number of thioether (sulfide) groups is 1. The standard InChI is InChI=1S/C18H20N2O7S/c1-11(21)26-6-7-28-15-8-14-9-16(22)19(14)17(15)18(23)27-10-12-2-4-13(5-3-12)20(24)25/h2-5,14-15,17H,6-10H2,1H3. The van der Waals surface area contributed by atoms with Gasteiger partial charge in [0.25, 0.3) is 5.69 Å². The van der Waals surface area contributed by atoms with Gasteiger partial charge >= 0.3 is 11.9 Å². The van der Waals surface area contributed by atoms with E-state index in [4.69, 9.17) is 9.47 Å². The highest BCUT2D eigenvalue weighted by Gasteiger charge is 2.54. The summed E-state index contributed by atoms with van der Waals surface area (Å²) in [5.74, 6) is -0.375. The molecule has 0 aromatic heterocycles. The van der Waals surface area contributed by atoms with E-state index in [-0.39, 0.29) is 42.1 Å². The number of nitrogens with zero attached hydrogens (tertiary/aromatic N) is 2. The van der Waals surface area contributed by atoms with E-state index in [0.717, 1.165) is 0 Å². The van der Waals surface area contributed by atoms with Crippen LogP contribution >= 0.6 is 11.8 Å². The first-order valence-electron chi connectivity index (χ1n) is 8.83. The fraction of sp³-hybridized carbons (Fsp3) is 0.500. The number of carbonyl (C=O) groups is 3. The van der Waals surface area contributed by atoms with Crippen molar-refractivity contribution in [3.8, 4) is 0 Å². The van der Waals surface area contributed by atoms with E-state index in [9.17, 15) is 24.5 Å². The summed E-state index contributed by atoms with van der Waals surface area (Å²) in [6.45, 7) is 1.56. The molecule has 0 aliphatic carbocycles. The number of hydrogen-bond acceptors (Lipinski definition) is 8. The van der Waals surface area contributed by atoms with Gasteiger partial charge in [0.2, 0.25) is 5.91 Å². The minimum Gasteiger partial charge on any atom is -0.465 e. The van der Waals surface area contributed by atoms with E-state index in [1.54, 1.807) is 4.90 Å². The topological polar surface area (TPSA) is 116 Å². The summed E-state index contributed by atoms with van der Waals surface area (Å²) in [6.07, 6.45) is 1.14. The van der Waals surface area contributed by atoms with Gasteiger partial charge in [-0.3, -0.25) is 19.7 Å².